The summed E-state index contributed by atoms with van der Waals surface area (Å²) in [6.07, 6.45) is -0.579. The summed E-state index contributed by atoms with van der Waals surface area (Å²) in [6, 6.07) is 9.60. The maximum Gasteiger partial charge on any atom is 0.407 e. The summed E-state index contributed by atoms with van der Waals surface area (Å²) in [4.78, 5) is 23.0. The zero-order chi connectivity index (χ0) is 13.0. The second-order valence-electron chi connectivity index (χ2n) is 4.32. The Morgan fingerprint density at radius 1 is 1.39 bits per heavy atom. The molecule has 96 valence electrons. The van der Waals surface area contributed by atoms with Gasteiger partial charge in [0.15, 0.2) is 0 Å². The highest BCUT2D eigenvalue weighted by Crippen LogP contribution is 2.19. The fourth-order valence-electron chi connectivity index (χ4n) is 2.04. The number of ether oxygens (including phenoxy) is 1. The number of carbonyl (C=O) groups is 2. The van der Waals surface area contributed by atoms with Crippen LogP contribution in [0.25, 0.3) is 0 Å². The van der Waals surface area contributed by atoms with E-state index in [1.54, 1.807) is 0 Å². The molecule has 1 fully saturated rings. The molecule has 1 amide bonds. The van der Waals surface area contributed by atoms with E-state index in [0.717, 1.165) is 11.8 Å². The van der Waals surface area contributed by atoms with E-state index in [9.17, 15) is 9.59 Å². The highest BCUT2D eigenvalue weighted by Gasteiger charge is 2.35. The fraction of sp³-hybridized carbons (Fsp3) is 0.385. The molecule has 1 aromatic rings. The molecule has 1 aliphatic rings. The van der Waals surface area contributed by atoms with Gasteiger partial charge in [0, 0.05) is 6.54 Å². The van der Waals surface area contributed by atoms with Crippen LogP contribution in [0.4, 0.5) is 4.79 Å². The average molecular weight is 249 g/mol. The van der Waals surface area contributed by atoms with Crippen LogP contribution in [0.5, 0.6) is 0 Å². The van der Waals surface area contributed by atoms with E-state index in [4.69, 9.17) is 9.84 Å². The van der Waals surface area contributed by atoms with Crippen molar-refractivity contribution in [2.24, 2.45) is 5.92 Å². The minimum absolute atomic E-state index is 0.221. The predicted octanol–water partition coefficient (Wildman–Crippen LogP) is 1.38. The Labute approximate surface area is 105 Å². The van der Waals surface area contributed by atoms with Gasteiger partial charge >= 0.3 is 6.09 Å². The van der Waals surface area contributed by atoms with Gasteiger partial charge in [0.05, 0.1) is 25.2 Å². The monoisotopic (exact) mass is 249 g/mol. The van der Waals surface area contributed by atoms with Gasteiger partial charge in [-0.15, -0.1) is 0 Å². The first-order valence-electron chi connectivity index (χ1n) is 5.79. The topological polar surface area (TPSA) is 66.8 Å². The highest BCUT2D eigenvalue weighted by molar-refractivity contribution is 5.67. The van der Waals surface area contributed by atoms with Crippen molar-refractivity contribution in [3.63, 3.8) is 0 Å². The summed E-state index contributed by atoms with van der Waals surface area (Å²) in [6.45, 7) is 0.868. The van der Waals surface area contributed by atoms with Crippen molar-refractivity contribution in [2.75, 3.05) is 13.1 Å². The van der Waals surface area contributed by atoms with Gasteiger partial charge in [0.2, 0.25) is 0 Å². The molecule has 1 N–H and O–H groups in total. The third kappa shape index (κ3) is 2.87. The van der Waals surface area contributed by atoms with Gasteiger partial charge in [-0.05, 0) is 5.56 Å². The van der Waals surface area contributed by atoms with Crippen molar-refractivity contribution in [1.29, 1.82) is 0 Å². The van der Waals surface area contributed by atoms with Gasteiger partial charge in [-0.1, -0.05) is 30.3 Å². The molecule has 0 unspecified atom stereocenters. The summed E-state index contributed by atoms with van der Waals surface area (Å²) in [5.41, 5.74) is 1.01. The van der Waals surface area contributed by atoms with Gasteiger partial charge in [0.25, 0.3) is 0 Å². The van der Waals surface area contributed by atoms with Crippen molar-refractivity contribution in [2.45, 2.75) is 12.7 Å². The van der Waals surface area contributed by atoms with E-state index in [1.807, 2.05) is 30.3 Å². The van der Waals surface area contributed by atoms with Crippen LogP contribution in [-0.4, -0.2) is 41.6 Å². The Kier molecular flexibility index (Phi) is 3.94. The van der Waals surface area contributed by atoms with Gasteiger partial charge in [-0.25, -0.2) is 4.79 Å². The lowest BCUT2D eigenvalue weighted by atomic mass is 10.1. The third-order valence-corrected chi connectivity index (χ3v) is 3.06. The molecule has 0 saturated carbocycles. The van der Waals surface area contributed by atoms with E-state index in [0.29, 0.717) is 6.61 Å². The number of hydrogen-bond acceptors (Lipinski definition) is 3. The number of nitrogens with zero attached hydrogens (tertiary/aromatic N) is 1. The molecular formula is C13H15NO4. The second-order valence-corrected chi connectivity index (χ2v) is 4.32. The Balaban J connectivity index is 1.92. The molecule has 1 aromatic carbocycles. The SMILES string of the molecule is O=C[C@@H]1CN(C(=O)O)C[C@H]1OCc1ccccc1. The van der Waals surface area contributed by atoms with E-state index >= 15 is 0 Å². The normalized spacial score (nSPS) is 23.0. The lowest BCUT2D eigenvalue weighted by Gasteiger charge is -2.14. The number of aldehydes is 1. The van der Waals surface area contributed by atoms with E-state index < -0.39 is 6.09 Å². The molecule has 1 aliphatic heterocycles. The summed E-state index contributed by atoms with van der Waals surface area (Å²) < 4.78 is 5.64. The molecule has 18 heavy (non-hydrogen) atoms. The number of carbonyl (C=O) groups excluding carboxylic acids is 1. The molecule has 2 atom stereocenters. The lowest BCUT2D eigenvalue weighted by molar-refractivity contribution is -0.114. The summed E-state index contributed by atoms with van der Waals surface area (Å²) in [7, 11) is 0. The lowest BCUT2D eigenvalue weighted by Crippen LogP contribution is -2.28. The van der Waals surface area contributed by atoms with Crippen LogP contribution < -0.4 is 0 Å². The minimum Gasteiger partial charge on any atom is -0.465 e. The van der Waals surface area contributed by atoms with Crippen LogP contribution in [0.2, 0.25) is 0 Å². The van der Waals surface area contributed by atoms with E-state index in [2.05, 4.69) is 0 Å². The van der Waals surface area contributed by atoms with Gasteiger partial charge in [-0.3, -0.25) is 0 Å². The fourth-order valence-corrected chi connectivity index (χ4v) is 2.04. The minimum atomic E-state index is -1.01. The Bertz CT molecular complexity index is 420. The Morgan fingerprint density at radius 3 is 2.72 bits per heavy atom. The largest absolute Gasteiger partial charge is 0.465 e. The van der Waals surface area contributed by atoms with E-state index in [1.165, 1.54) is 4.90 Å². The van der Waals surface area contributed by atoms with Crippen molar-refractivity contribution in [3.05, 3.63) is 35.9 Å². The first kappa shape index (κ1) is 12.6. The number of benzene rings is 1. The second kappa shape index (κ2) is 5.64. The molecule has 5 nitrogen and oxygen atoms in total. The molecule has 0 aromatic heterocycles. The third-order valence-electron chi connectivity index (χ3n) is 3.06. The van der Waals surface area contributed by atoms with Crippen molar-refractivity contribution < 1.29 is 19.4 Å². The van der Waals surface area contributed by atoms with Crippen LogP contribution in [0.3, 0.4) is 0 Å². The molecule has 1 heterocycles. The zero-order valence-corrected chi connectivity index (χ0v) is 9.86. The standard InChI is InChI=1S/C13H15NO4/c15-8-11-6-14(13(16)17)7-12(11)18-9-10-4-2-1-3-5-10/h1-5,8,11-12H,6-7,9H2,(H,16,17)/t11-,12+/m0/s1. The summed E-state index contributed by atoms with van der Waals surface area (Å²) in [5, 5.41) is 8.88. The maximum atomic E-state index is 10.9. The maximum absolute atomic E-state index is 10.9. The van der Waals surface area contributed by atoms with Crippen LogP contribution in [0.1, 0.15) is 5.56 Å². The zero-order valence-electron chi connectivity index (χ0n) is 9.86. The van der Waals surface area contributed by atoms with Gasteiger partial charge in [0.1, 0.15) is 6.29 Å². The predicted molar refractivity (Wildman–Crippen MR) is 64.2 cm³/mol. The Hall–Kier alpha value is -1.88. The Morgan fingerprint density at radius 2 is 2.11 bits per heavy atom. The molecule has 1 saturated heterocycles. The number of amides is 1. The van der Waals surface area contributed by atoms with Crippen molar-refractivity contribution in [1.82, 2.24) is 4.90 Å². The average Bonchev–Trinajstić information content (AvgIpc) is 2.81. The molecule has 0 radical (unpaired) electrons. The van der Waals surface area contributed by atoms with E-state index in [-0.39, 0.29) is 25.1 Å². The molecule has 0 spiro atoms. The van der Waals surface area contributed by atoms with Gasteiger partial charge < -0.3 is 19.5 Å². The molecule has 5 heteroatoms. The van der Waals surface area contributed by atoms with Crippen molar-refractivity contribution >= 4 is 12.4 Å². The molecule has 2 rings (SSSR count). The number of carboxylic acid groups (broad SMARTS) is 1. The quantitative estimate of drug-likeness (QED) is 0.819. The molecule has 0 bridgehead atoms. The van der Waals surface area contributed by atoms with Gasteiger partial charge in [-0.2, -0.15) is 0 Å². The number of likely N-dealkylation sites (tertiary alicyclic amines) is 1. The summed E-state index contributed by atoms with van der Waals surface area (Å²) >= 11 is 0. The smallest absolute Gasteiger partial charge is 0.407 e. The van der Waals surface area contributed by atoms with Crippen LogP contribution >= 0.6 is 0 Å². The molecule has 0 aliphatic carbocycles. The van der Waals surface area contributed by atoms with Crippen LogP contribution in [-0.2, 0) is 16.1 Å². The molecular weight excluding hydrogens is 234 g/mol. The highest BCUT2D eigenvalue weighted by atomic mass is 16.5. The number of hydrogen-bond donors (Lipinski definition) is 1. The number of rotatable bonds is 4. The first-order chi connectivity index (χ1) is 8.70. The van der Waals surface area contributed by atoms with Crippen LogP contribution in [0.15, 0.2) is 30.3 Å². The first-order valence-corrected chi connectivity index (χ1v) is 5.79. The summed E-state index contributed by atoms with van der Waals surface area (Å²) in [5.74, 6) is -0.371. The van der Waals surface area contributed by atoms with Crippen LogP contribution in [0, 0.1) is 5.92 Å². The van der Waals surface area contributed by atoms with Crippen molar-refractivity contribution in [3.8, 4) is 0 Å².